The number of hydrogen-bond donors (Lipinski definition) is 1. The van der Waals surface area contributed by atoms with Crippen LogP contribution < -0.4 is 4.74 Å². The first-order valence-corrected chi connectivity index (χ1v) is 6.52. The molecule has 0 aliphatic rings. The van der Waals surface area contributed by atoms with Crippen LogP contribution in [0.15, 0.2) is 18.2 Å². The third kappa shape index (κ3) is 3.49. The van der Waals surface area contributed by atoms with E-state index in [4.69, 9.17) is 4.74 Å². The summed E-state index contributed by atoms with van der Waals surface area (Å²) in [5.41, 5.74) is 2.25. The van der Waals surface area contributed by atoms with Crippen molar-refractivity contribution in [2.24, 2.45) is 0 Å². The molecule has 0 aliphatic carbocycles. The van der Waals surface area contributed by atoms with Gasteiger partial charge in [0.1, 0.15) is 5.75 Å². The van der Waals surface area contributed by atoms with Gasteiger partial charge >= 0.3 is 0 Å². The molecule has 2 nitrogen and oxygen atoms in total. The molecular formula is C16H26O2. The number of aliphatic hydroxyl groups excluding tert-OH is 1. The molecule has 0 saturated carbocycles. The molecule has 102 valence electrons. The van der Waals surface area contributed by atoms with Gasteiger partial charge in [0, 0.05) is 0 Å². The molecule has 18 heavy (non-hydrogen) atoms. The molecule has 1 aromatic carbocycles. The van der Waals surface area contributed by atoms with Crippen molar-refractivity contribution in [1.82, 2.24) is 0 Å². The molecule has 0 aromatic heterocycles. The monoisotopic (exact) mass is 250 g/mol. The molecule has 0 heterocycles. The molecule has 1 aromatic rings. The molecule has 0 fully saturated rings. The Morgan fingerprint density at radius 3 is 1.61 bits per heavy atom. The van der Waals surface area contributed by atoms with Crippen LogP contribution >= 0.6 is 0 Å². The number of para-hydroxylation sites is 1. The Kier molecular flexibility index (Phi) is 4.12. The quantitative estimate of drug-likeness (QED) is 0.804. The highest BCUT2D eigenvalue weighted by Gasteiger charge is 2.27. The normalized spacial score (nSPS) is 14.4. The van der Waals surface area contributed by atoms with Crippen LogP contribution in [0.3, 0.4) is 0 Å². The molecule has 1 N–H and O–H groups in total. The van der Waals surface area contributed by atoms with Crippen LogP contribution in [0.1, 0.15) is 59.6 Å². The summed E-state index contributed by atoms with van der Waals surface area (Å²) in [6.07, 6.45) is -0.797. The summed E-state index contributed by atoms with van der Waals surface area (Å²) in [5.74, 6) is 0.826. The first kappa shape index (κ1) is 15.0. The Labute approximate surface area is 111 Å². The van der Waals surface area contributed by atoms with Crippen molar-refractivity contribution in [3.63, 3.8) is 0 Å². The van der Waals surface area contributed by atoms with E-state index in [1.54, 1.807) is 6.92 Å². The third-order valence-corrected chi connectivity index (χ3v) is 2.92. The smallest absolute Gasteiger partial charge is 0.194 e. The zero-order chi connectivity index (χ0) is 14.1. The lowest BCUT2D eigenvalue weighted by Crippen LogP contribution is -2.22. The van der Waals surface area contributed by atoms with E-state index in [9.17, 15) is 5.11 Å². The number of aliphatic hydroxyl groups is 1. The van der Waals surface area contributed by atoms with Gasteiger partial charge in [0.25, 0.3) is 0 Å². The molecule has 0 bridgehead atoms. The van der Waals surface area contributed by atoms with Crippen LogP contribution in [0, 0.1) is 0 Å². The second kappa shape index (κ2) is 4.93. The van der Waals surface area contributed by atoms with Gasteiger partial charge < -0.3 is 9.84 Å². The van der Waals surface area contributed by atoms with Gasteiger partial charge in [-0.25, -0.2) is 0 Å². The van der Waals surface area contributed by atoms with Crippen molar-refractivity contribution in [2.45, 2.75) is 65.6 Å². The number of benzene rings is 1. The molecule has 0 aliphatic heterocycles. The van der Waals surface area contributed by atoms with Crippen LogP contribution in [-0.4, -0.2) is 11.4 Å². The van der Waals surface area contributed by atoms with Crippen LogP contribution in [0.25, 0.3) is 0 Å². The van der Waals surface area contributed by atoms with Gasteiger partial charge in [-0.1, -0.05) is 59.7 Å². The molecule has 0 radical (unpaired) electrons. The Morgan fingerprint density at radius 2 is 1.33 bits per heavy atom. The number of rotatable bonds is 2. The fourth-order valence-corrected chi connectivity index (χ4v) is 2.02. The van der Waals surface area contributed by atoms with E-state index in [-0.39, 0.29) is 10.8 Å². The topological polar surface area (TPSA) is 29.5 Å². The lowest BCUT2D eigenvalue weighted by atomic mass is 9.79. The summed E-state index contributed by atoms with van der Waals surface area (Å²) in [4.78, 5) is 0. The van der Waals surface area contributed by atoms with Gasteiger partial charge in [0.05, 0.1) is 0 Å². The second-order valence-electron chi connectivity index (χ2n) is 6.90. The molecule has 2 heteroatoms. The van der Waals surface area contributed by atoms with Crippen molar-refractivity contribution < 1.29 is 9.84 Å². The van der Waals surface area contributed by atoms with Crippen molar-refractivity contribution >= 4 is 0 Å². The van der Waals surface area contributed by atoms with Gasteiger partial charge in [0.15, 0.2) is 6.29 Å². The van der Waals surface area contributed by atoms with E-state index in [0.29, 0.717) is 0 Å². The predicted molar refractivity (Wildman–Crippen MR) is 76.2 cm³/mol. The first-order valence-electron chi connectivity index (χ1n) is 6.52. The minimum absolute atomic E-state index is 0.00845. The molecule has 0 saturated heterocycles. The zero-order valence-electron chi connectivity index (χ0n) is 12.7. The summed E-state index contributed by atoms with van der Waals surface area (Å²) in [6.45, 7) is 14.6. The van der Waals surface area contributed by atoms with E-state index in [1.807, 2.05) is 0 Å². The number of hydrogen-bond acceptors (Lipinski definition) is 2. The fourth-order valence-electron chi connectivity index (χ4n) is 2.02. The van der Waals surface area contributed by atoms with Crippen molar-refractivity contribution in [1.29, 1.82) is 0 Å². The van der Waals surface area contributed by atoms with E-state index in [0.717, 1.165) is 16.9 Å². The van der Waals surface area contributed by atoms with Gasteiger partial charge in [-0.3, -0.25) is 0 Å². The summed E-state index contributed by atoms with van der Waals surface area (Å²) in [6, 6.07) is 6.22. The maximum atomic E-state index is 9.56. The van der Waals surface area contributed by atoms with Crippen molar-refractivity contribution in [3.05, 3.63) is 29.3 Å². The fraction of sp³-hybridized carbons (Fsp3) is 0.625. The van der Waals surface area contributed by atoms with Crippen molar-refractivity contribution in [3.8, 4) is 5.75 Å². The summed E-state index contributed by atoms with van der Waals surface area (Å²) in [7, 11) is 0. The minimum atomic E-state index is -0.797. The second-order valence-corrected chi connectivity index (χ2v) is 6.90. The summed E-state index contributed by atoms with van der Waals surface area (Å²) >= 11 is 0. The van der Waals surface area contributed by atoms with Gasteiger partial charge in [-0.2, -0.15) is 0 Å². The van der Waals surface area contributed by atoms with Crippen LogP contribution in [-0.2, 0) is 10.8 Å². The average molecular weight is 250 g/mol. The van der Waals surface area contributed by atoms with E-state index < -0.39 is 6.29 Å². The standard InChI is InChI=1S/C16H26O2/c1-11(17)18-14-12(15(2,3)4)9-8-10-13(14)16(5,6)7/h8-11,17H,1-7H3. The van der Waals surface area contributed by atoms with E-state index >= 15 is 0 Å². The summed E-state index contributed by atoms with van der Waals surface area (Å²) < 4.78 is 5.69. The highest BCUT2D eigenvalue weighted by atomic mass is 16.6. The highest BCUT2D eigenvalue weighted by molar-refractivity contribution is 5.48. The highest BCUT2D eigenvalue weighted by Crippen LogP contribution is 2.39. The Bertz CT molecular complexity index is 374. The average Bonchev–Trinajstić information content (AvgIpc) is 2.13. The molecule has 1 rings (SSSR count). The largest absolute Gasteiger partial charge is 0.465 e. The predicted octanol–water partition coefficient (Wildman–Crippen LogP) is 4.00. The molecule has 0 spiro atoms. The number of ether oxygens (including phenoxy) is 1. The Hall–Kier alpha value is -1.02. The van der Waals surface area contributed by atoms with Crippen molar-refractivity contribution in [2.75, 3.05) is 0 Å². The Balaban J connectivity index is 3.45. The van der Waals surface area contributed by atoms with Gasteiger partial charge in [0.2, 0.25) is 0 Å². The third-order valence-electron chi connectivity index (χ3n) is 2.92. The molecule has 1 unspecified atom stereocenters. The molecule has 0 amide bonds. The van der Waals surface area contributed by atoms with Crippen LogP contribution in [0.5, 0.6) is 5.75 Å². The lowest BCUT2D eigenvalue weighted by molar-refractivity contribution is -0.00281. The molecular weight excluding hydrogens is 224 g/mol. The maximum Gasteiger partial charge on any atom is 0.194 e. The lowest BCUT2D eigenvalue weighted by Gasteiger charge is -2.30. The maximum absolute atomic E-state index is 9.56. The Morgan fingerprint density at radius 1 is 0.944 bits per heavy atom. The minimum Gasteiger partial charge on any atom is -0.465 e. The van der Waals surface area contributed by atoms with Gasteiger partial charge in [-0.15, -0.1) is 0 Å². The zero-order valence-corrected chi connectivity index (χ0v) is 12.7. The summed E-state index contributed by atoms with van der Waals surface area (Å²) in [5, 5.41) is 9.56. The van der Waals surface area contributed by atoms with Crippen LogP contribution in [0.2, 0.25) is 0 Å². The first-order chi connectivity index (χ1) is 8.03. The van der Waals surface area contributed by atoms with Crippen LogP contribution in [0.4, 0.5) is 0 Å². The SMILES string of the molecule is CC(O)Oc1c(C(C)(C)C)cccc1C(C)(C)C. The van der Waals surface area contributed by atoms with E-state index in [1.165, 1.54) is 0 Å². The molecule has 1 atom stereocenters. The van der Waals surface area contributed by atoms with Gasteiger partial charge in [-0.05, 0) is 28.9 Å². The van der Waals surface area contributed by atoms with E-state index in [2.05, 4.69) is 59.7 Å².